The fraction of sp³-hybridized carbons (Fsp3) is 0.167. The van der Waals surface area contributed by atoms with Crippen molar-refractivity contribution in [2.75, 3.05) is 0 Å². The minimum Gasteiger partial charge on any atom is -0.478 e. The number of carbonyl (C=O) groups is 1. The first-order chi connectivity index (χ1) is 8.09. The van der Waals surface area contributed by atoms with Crippen molar-refractivity contribution in [3.05, 3.63) is 53.4 Å². The van der Waals surface area contributed by atoms with Gasteiger partial charge in [0.15, 0.2) is 0 Å². The number of hydrogen-bond donors (Lipinski definition) is 1. The molecule has 2 rings (SSSR count). The van der Waals surface area contributed by atoms with Crippen LogP contribution in [0.1, 0.15) is 21.7 Å². The Bertz CT molecular complexity index is 563. The number of aromatic nitrogens is 2. The van der Waals surface area contributed by atoms with E-state index in [4.69, 9.17) is 5.11 Å². The van der Waals surface area contributed by atoms with Crippen LogP contribution in [0.3, 0.4) is 0 Å². The van der Waals surface area contributed by atoms with Gasteiger partial charge in [0, 0.05) is 25.9 Å². The van der Waals surface area contributed by atoms with Crippen molar-refractivity contribution in [3.8, 4) is 0 Å². The van der Waals surface area contributed by atoms with Gasteiger partial charge in [-0.25, -0.2) is 14.2 Å². The maximum Gasteiger partial charge on any atom is 0.338 e. The molecule has 1 aromatic heterocycles. The van der Waals surface area contributed by atoms with Gasteiger partial charge < -0.3 is 9.67 Å². The molecule has 0 aliphatic rings. The summed E-state index contributed by atoms with van der Waals surface area (Å²) in [4.78, 5) is 15.1. The van der Waals surface area contributed by atoms with Crippen molar-refractivity contribution >= 4 is 5.97 Å². The van der Waals surface area contributed by atoms with E-state index in [2.05, 4.69) is 4.98 Å². The van der Waals surface area contributed by atoms with Crippen LogP contribution in [0.2, 0.25) is 0 Å². The summed E-state index contributed by atoms with van der Waals surface area (Å²) in [6.45, 7) is 0. The van der Waals surface area contributed by atoms with Crippen LogP contribution < -0.4 is 0 Å². The minimum atomic E-state index is -1.26. The number of benzene rings is 1. The van der Waals surface area contributed by atoms with Crippen LogP contribution in [0.25, 0.3) is 0 Å². The quantitative estimate of drug-likeness (QED) is 0.881. The SMILES string of the molecule is Cn1ccnc1Cc1cccc(F)c1C(=O)O. The molecule has 0 spiro atoms. The highest BCUT2D eigenvalue weighted by Crippen LogP contribution is 2.16. The summed E-state index contributed by atoms with van der Waals surface area (Å²) in [5, 5.41) is 8.98. The van der Waals surface area contributed by atoms with Crippen LogP contribution in [-0.4, -0.2) is 20.6 Å². The molecule has 0 saturated carbocycles. The summed E-state index contributed by atoms with van der Waals surface area (Å²) in [6.07, 6.45) is 3.67. The van der Waals surface area contributed by atoms with E-state index in [1.54, 1.807) is 23.0 Å². The van der Waals surface area contributed by atoms with Crippen molar-refractivity contribution in [1.82, 2.24) is 9.55 Å². The number of aromatic carboxylic acids is 1. The van der Waals surface area contributed by atoms with Gasteiger partial charge in [-0.3, -0.25) is 0 Å². The average Bonchev–Trinajstić information content (AvgIpc) is 2.64. The van der Waals surface area contributed by atoms with Crippen molar-refractivity contribution in [1.29, 1.82) is 0 Å². The molecule has 0 fully saturated rings. The Morgan fingerprint density at radius 1 is 1.53 bits per heavy atom. The number of nitrogens with zero attached hydrogens (tertiary/aromatic N) is 2. The van der Waals surface area contributed by atoms with Gasteiger partial charge in [-0.2, -0.15) is 0 Å². The van der Waals surface area contributed by atoms with E-state index in [1.807, 2.05) is 7.05 Å². The van der Waals surface area contributed by atoms with E-state index in [-0.39, 0.29) is 5.56 Å². The maximum atomic E-state index is 13.4. The Balaban J connectivity index is 2.43. The molecule has 4 nitrogen and oxygen atoms in total. The Labute approximate surface area is 97.3 Å². The molecule has 1 heterocycles. The summed E-state index contributed by atoms with van der Waals surface area (Å²) in [7, 11) is 1.81. The van der Waals surface area contributed by atoms with E-state index in [1.165, 1.54) is 6.07 Å². The molecule has 0 atom stereocenters. The highest BCUT2D eigenvalue weighted by molar-refractivity contribution is 5.89. The first-order valence-electron chi connectivity index (χ1n) is 5.06. The van der Waals surface area contributed by atoms with E-state index in [0.29, 0.717) is 17.8 Å². The number of aryl methyl sites for hydroxylation is 1. The summed E-state index contributed by atoms with van der Waals surface area (Å²) in [5.74, 6) is -1.28. The molecule has 0 radical (unpaired) electrons. The number of hydrogen-bond acceptors (Lipinski definition) is 2. The van der Waals surface area contributed by atoms with Gasteiger partial charge >= 0.3 is 5.97 Å². The van der Waals surface area contributed by atoms with Gasteiger partial charge in [-0.05, 0) is 11.6 Å². The number of halogens is 1. The summed E-state index contributed by atoms with van der Waals surface area (Å²) >= 11 is 0. The lowest BCUT2D eigenvalue weighted by Crippen LogP contribution is -2.08. The Morgan fingerprint density at radius 3 is 2.88 bits per heavy atom. The molecule has 1 N–H and O–H groups in total. The third-order valence-electron chi connectivity index (χ3n) is 2.58. The molecule has 5 heteroatoms. The fourth-order valence-electron chi connectivity index (χ4n) is 1.69. The van der Waals surface area contributed by atoms with Gasteiger partial charge in [0.1, 0.15) is 11.6 Å². The topological polar surface area (TPSA) is 55.1 Å². The lowest BCUT2D eigenvalue weighted by atomic mass is 10.0. The average molecular weight is 234 g/mol. The van der Waals surface area contributed by atoms with E-state index in [9.17, 15) is 9.18 Å². The summed E-state index contributed by atoms with van der Waals surface area (Å²) < 4.78 is 15.2. The summed E-state index contributed by atoms with van der Waals surface area (Å²) in [6, 6.07) is 4.24. The zero-order chi connectivity index (χ0) is 12.4. The molecular formula is C12H11FN2O2. The second kappa shape index (κ2) is 4.37. The standard InChI is InChI=1S/C12H11FN2O2/c1-15-6-5-14-10(15)7-8-3-2-4-9(13)11(8)12(16)17/h2-6H,7H2,1H3,(H,16,17). The third-order valence-corrected chi connectivity index (χ3v) is 2.58. The zero-order valence-electron chi connectivity index (χ0n) is 9.22. The molecule has 88 valence electrons. The van der Waals surface area contributed by atoms with Gasteiger partial charge in [-0.15, -0.1) is 0 Å². The Morgan fingerprint density at radius 2 is 2.29 bits per heavy atom. The van der Waals surface area contributed by atoms with Crippen molar-refractivity contribution < 1.29 is 14.3 Å². The van der Waals surface area contributed by atoms with Crippen LogP contribution in [0.15, 0.2) is 30.6 Å². The normalized spacial score (nSPS) is 10.5. The predicted octanol–water partition coefficient (Wildman–Crippen LogP) is 1.85. The Kier molecular flexibility index (Phi) is 2.91. The van der Waals surface area contributed by atoms with E-state index >= 15 is 0 Å². The largest absolute Gasteiger partial charge is 0.478 e. The smallest absolute Gasteiger partial charge is 0.338 e. The highest BCUT2D eigenvalue weighted by atomic mass is 19.1. The summed E-state index contributed by atoms with van der Waals surface area (Å²) in [5.41, 5.74) is 0.141. The monoisotopic (exact) mass is 234 g/mol. The van der Waals surface area contributed by atoms with Crippen molar-refractivity contribution in [2.24, 2.45) is 7.05 Å². The van der Waals surface area contributed by atoms with Crippen LogP contribution in [0.4, 0.5) is 4.39 Å². The molecule has 2 aromatic rings. The molecule has 0 bridgehead atoms. The number of rotatable bonds is 3. The van der Waals surface area contributed by atoms with E-state index in [0.717, 1.165) is 6.07 Å². The van der Waals surface area contributed by atoms with E-state index < -0.39 is 11.8 Å². The van der Waals surface area contributed by atoms with Gasteiger partial charge in [-0.1, -0.05) is 12.1 Å². The second-order valence-corrected chi connectivity index (χ2v) is 3.71. The maximum absolute atomic E-state index is 13.4. The molecule has 1 aromatic carbocycles. The number of imidazole rings is 1. The molecule has 0 amide bonds. The molecule has 0 saturated heterocycles. The lowest BCUT2D eigenvalue weighted by molar-refractivity contribution is 0.0690. The second-order valence-electron chi connectivity index (χ2n) is 3.71. The highest BCUT2D eigenvalue weighted by Gasteiger charge is 2.16. The number of carboxylic acids is 1. The first kappa shape index (κ1) is 11.3. The molecule has 17 heavy (non-hydrogen) atoms. The minimum absolute atomic E-state index is 0.282. The fourth-order valence-corrected chi connectivity index (χ4v) is 1.69. The molecule has 0 aliphatic heterocycles. The Hall–Kier alpha value is -2.17. The van der Waals surface area contributed by atoms with Crippen LogP contribution in [-0.2, 0) is 13.5 Å². The first-order valence-corrected chi connectivity index (χ1v) is 5.06. The predicted molar refractivity (Wildman–Crippen MR) is 59.4 cm³/mol. The number of carboxylic acid groups (broad SMARTS) is 1. The molecular weight excluding hydrogens is 223 g/mol. The van der Waals surface area contributed by atoms with Crippen LogP contribution in [0.5, 0.6) is 0 Å². The van der Waals surface area contributed by atoms with Crippen LogP contribution in [0, 0.1) is 5.82 Å². The van der Waals surface area contributed by atoms with Gasteiger partial charge in [0.05, 0.1) is 5.56 Å². The lowest BCUT2D eigenvalue weighted by Gasteiger charge is -2.06. The third kappa shape index (κ3) is 2.18. The van der Waals surface area contributed by atoms with Gasteiger partial charge in [0.2, 0.25) is 0 Å². The molecule has 0 unspecified atom stereocenters. The molecule has 0 aliphatic carbocycles. The van der Waals surface area contributed by atoms with Crippen LogP contribution >= 0.6 is 0 Å². The zero-order valence-corrected chi connectivity index (χ0v) is 9.22. The van der Waals surface area contributed by atoms with Gasteiger partial charge in [0.25, 0.3) is 0 Å². The van der Waals surface area contributed by atoms with Crippen molar-refractivity contribution in [3.63, 3.8) is 0 Å². The van der Waals surface area contributed by atoms with Crippen molar-refractivity contribution in [2.45, 2.75) is 6.42 Å².